The van der Waals surface area contributed by atoms with E-state index < -0.39 is 0 Å². The summed E-state index contributed by atoms with van der Waals surface area (Å²) in [6, 6.07) is 7.88. The van der Waals surface area contributed by atoms with Crippen molar-refractivity contribution in [1.29, 1.82) is 0 Å². The van der Waals surface area contributed by atoms with Crippen molar-refractivity contribution in [1.82, 2.24) is 5.32 Å². The molecule has 5 nitrogen and oxygen atoms in total. The second-order valence-corrected chi connectivity index (χ2v) is 5.52. The number of ether oxygens (including phenoxy) is 1. The van der Waals surface area contributed by atoms with Crippen LogP contribution in [0.1, 0.15) is 12.5 Å². The Morgan fingerprint density at radius 3 is 2.75 bits per heavy atom. The van der Waals surface area contributed by atoms with E-state index in [0.29, 0.717) is 13.1 Å². The number of carbonyl (C=O) groups excluding carboxylic acids is 2. The zero-order valence-electron chi connectivity index (χ0n) is 11.6. The van der Waals surface area contributed by atoms with Crippen LogP contribution in [0.5, 0.6) is 0 Å². The van der Waals surface area contributed by atoms with E-state index in [1.807, 2.05) is 24.3 Å². The van der Waals surface area contributed by atoms with E-state index in [2.05, 4.69) is 11.6 Å². The quantitative estimate of drug-likeness (QED) is 0.902. The first-order valence-corrected chi connectivity index (χ1v) is 7.80. The number of amides is 2. The third kappa shape index (κ3) is 3.66. The monoisotopic (exact) mass is 294 g/mol. The molecule has 108 valence electrons. The lowest BCUT2D eigenvalue weighted by atomic mass is 10.2. The molecule has 1 aliphatic heterocycles. The van der Waals surface area contributed by atoms with Crippen LogP contribution in [0.2, 0.25) is 0 Å². The third-order valence-electron chi connectivity index (χ3n) is 3.01. The molecule has 1 heterocycles. The fourth-order valence-corrected chi connectivity index (χ4v) is 2.56. The van der Waals surface area contributed by atoms with E-state index in [1.54, 1.807) is 16.7 Å². The second kappa shape index (κ2) is 6.65. The topological polar surface area (TPSA) is 58.6 Å². The maximum Gasteiger partial charge on any atom is 0.414 e. The standard InChI is InChI=1S/C14H18N2O3S/c1-10(17)15-7-13-8-16(14(18)19-13)12-5-3-11(4-6-12)9-20-2/h3-6,13H,7-9H2,1-2H3,(H,15,17). The Hall–Kier alpha value is -1.69. The molecule has 1 atom stereocenters. The van der Waals surface area contributed by atoms with Crippen LogP contribution in [-0.4, -0.2) is 37.4 Å². The molecular formula is C14H18N2O3S. The Morgan fingerprint density at radius 1 is 1.45 bits per heavy atom. The van der Waals surface area contributed by atoms with E-state index >= 15 is 0 Å². The third-order valence-corrected chi connectivity index (χ3v) is 3.63. The number of nitrogens with one attached hydrogen (secondary N) is 1. The lowest BCUT2D eigenvalue weighted by molar-refractivity contribution is -0.119. The van der Waals surface area contributed by atoms with E-state index in [9.17, 15) is 9.59 Å². The van der Waals surface area contributed by atoms with Crippen LogP contribution >= 0.6 is 11.8 Å². The Labute approximate surface area is 122 Å². The van der Waals surface area contributed by atoms with Crippen LogP contribution in [0.25, 0.3) is 0 Å². The Kier molecular flexibility index (Phi) is 4.89. The minimum atomic E-state index is -0.363. The Morgan fingerprint density at radius 2 is 2.15 bits per heavy atom. The maximum atomic E-state index is 11.8. The molecule has 6 heteroatoms. The molecule has 1 saturated heterocycles. The van der Waals surface area contributed by atoms with E-state index in [0.717, 1.165) is 11.4 Å². The molecule has 1 aliphatic rings. The average Bonchev–Trinajstić information content (AvgIpc) is 2.79. The van der Waals surface area contributed by atoms with Crippen LogP contribution in [0.3, 0.4) is 0 Å². The first-order chi connectivity index (χ1) is 9.60. The van der Waals surface area contributed by atoms with Crippen molar-refractivity contribution < 1.29 is 14.3 Å². The van der Waals surface area contributed by atoms with Gasteiger partial charge < -0.3 is 10.1 Å². The summed E-state index contributed by atoms with van der Waals surface area (Å²) in [6.45, 7) is 2.25. The van der Waals surface area contributed by atoms with Gasteiger partial charge in [0.2, 0.25) is 5.91 Å². The first kappa shape index (κ1) is 14.7. The number of nitrogens with zero attached hydrogens (tertiary/aromatic N) is 1. The SMILES string of the molecule is CSCc1ccc(N2CC(CNC(C)=O)OC2=O)cc1. The van der Waals surface area contributed by atoms with Crippen LogP contribution in [-0.2, 0) is 15.3 Å². The summed E-state index contributed by atoms with van der Waals surface area (Å²) in [5, 5.41) is 2.66. The zero-order chi connectivity index (χ0) is 14.5. The molecule has 1 fully saturated rings. The number of hydrogen-bond acceptors (Lipinski definition) is 4. The molecule has 1 unspecified atom stereocenters. The van der Waals surface area contributed by atoms with E-state index in [1.165, 1.54) is 12.5 Å². The zero-order valence-corrected chi connectivity index (χ0v) is 12.4. The van der Waals surface area contributed by atoms with Gasteiger partial charge in [-0.25, -0.2) is 4.79 Å². The molecule has 0 aliphatic carbocycles. The number of carbonyl (C=O) groups is 2. The highest BCUT2D eigenvalue weighted by atomic mass is 32.2. The highest BCUT2D eigenvalue weighted by Crippen LogP contribution is 2.22. The molecular weight excluding hydrogens is 276 g/mol. The summed E-state index contributed by atoms with van der Waals surface area (Å²) in [4.78, 5) is 24.3. The summed E-state index contributed by atoms with van der Waals surface area (Å²) in [5.41, 5.74) is 2.05. The molecule has 0 bridgehead atoms. The molecule has 2 amide bonds. The van der Waals surface area contributed by atoms with Crippen molar-refractivity contribution in [2.75, 3.05) is 24.2 Å². The van der Waals surface area contributed by atoms with Gasteiger partial charge in [-0.2, -0.15) is 11.8 Å². The van der Waals surface area contributed by atoms with Crippen molar-refractivity contribution in [3.05, 3.63) is 29.8 Å². The Bertz CT molecular complexity index is 490. The van der Waals surface area contributed by atoms with Gasteiger partial charge in [0, 0.05) is 18.4 Å². The lowest BCUT2D eigenvalue weighted by Gasteiger charge is -2.13. The minimum Gasteiger partial charge on any atom is -0.442 e. The lowest BCUT2D eigenvalue weighted by Crippen LogP contribution is -2.33. The molecule has 0 aromatic heterocycles. The minimum absolute atomic E-state index is 0.124. The molecule has 1 aromatic carbocycles. The van der Waals surface area contributed by atoms with Gasteiger partial charge >= 0.3 is 6.09 Å². The summed E-state index contributed by atoms with van der Waals surface area (Å²) >= 11 is 1.76. The molecule has 2 rings (SSSR count). The summed E-state index contributed by atoms with van der Waals surface area (Å²) in [6.07, 6.45) is 1.40. The van der Waals surface area contributed by atoms with Gasteiger partial charge in [0.25, 0.3) is 0 Å². The molecule has 1 N–H and O–H groups in total. The normalized spacial score (nSPS) is 18.0. The summed E-state index contributed by atoms with van der Waals surface area (Å²) < 4.78 is 5.22. The highest BCUT2D eigenvalue weighted by Gasteiger charge is 2.32. The number of rotatable bonds is 5. The van der Waals surface area contributed by atoms with E-state index in [4.69, 9.17) is 4.74 Å². The van der Waals surface area contributed by atoms with Crippen molar-refractivity contribution in [2.45, 2.75) is 18.8 Å². The van der Waals surface area contributed by atoms with Gasteiger partial charge in [0.15, 0.2) is 0 Å². The summed E-state index contributed by atoms with van der Waals surface area (Å²) in [5.74, 6) is 0.830. The predicted molar refractivity (Wildman–Crippen MR) is 80.0 cm³/mol. The van der Waals surface area contributed by atoms with E-state index in [-0.39, 0.29) is 18.1 Å². The maximum absolute atomic E-state index is 11.8. The highest BCUT2D eigenvalue weighted by molar-refractivity contribution is 7.97. The number of thioether (sulfide) groups is 1. The molecule has 1 aromatic rings. The summed E-state index contributed by atoms with van der Waals surface area (Å²) in [7, 11) is 0. The fraction of sp³-hybridized carbons (Fsp3) is 0.429. The average molecular weight is 294 g/mol. The van der Waals surface area contributed by atoms with Gasteiger partial charge in [0.05, 0.1) is 13.1 Å². The van der Waals surface area contributed by atoms with Crippen LogP contribution in [0.4, 0.5) is 10.5 Å². The van der Waals surface area contributed by atoms with Crippen LogP contribution in [0.15, 0.2) is 24.3 Å². The molecule has 0 saturated carbocycles. The smallest absolute Gasteiger partial charge is 0.414 e. The van der Waals surface area contributed by atoms with Crippen molar-refractivity contribution in [2.24, 2.45) is 0 Å². The van der Waals surface area contributed by atoms with Crippen LogP contribution in [0, 0.1) is 0 Å². The number of anilines is 1. The number of hydrogen-bond donors (Lipinski definition) is 1. The van der Waals surface area contributed by atoms with Gasteiger partial charge in [-0.1, -0.05) is 12.1 Å². The molecule has 0 spiro atoms. The second-order valence-electron chi connectivity index (χ2n) is 4.65. The number of cyclic esters (lactones) is 1. The predicted octanol–water partition coefficient (Wildman–Crippen LogP) is 2.01. The van der Waals surface area contributed by atoms with Gasteiger partial charge in [0.1, 0.15) is 6.10 Å². The number of benzene rings is 1. The van der Waals surface area contributed by atoms with Crippen molar-refractivity contribution >= 4 is 29.4 Å². The largest absolute Gasteiger partial charge is 0.442 e. The van der Waals surface area contributed by atoms with Gasteiger partial charge in [-0.15, -0.1) is 0 Å². The molecule has 0 radical (unpaired) electrons. The fourth-order valence-electron chi connectivity index (χ4n) is 2.04. The first-order valence-electron chi connectivity index (χ1n) is 6.40. The van der Waals surface area contributed by atoms with Gasteiger partial charge in [-0.3, -0.25) is 9.69 Å². The van der Waals surface area contributed by atoms with Gasteiger partial charge in [-0.05, 0) is 24.0 Å². The Balaban J connectivity index is 1.98. The van der Waals surface area contributed by atoms with Crippen LogP contribution < -0.4 is 10.2 Å². The van der Waals surface area contributed by atoms with Crippen molar-refractivity contribution in [3.8, 4) is 0 Å². The molecule has 20 heavy (non-hydrogen) atoms. The van der Waals surface area contributed by atoms with Crippen molar-refractivity contribution in [3.63, 3.8) is 0 Å².